The third kappa shape index (κ3) is 2.65. The number of halogens is 2. The Morgan fingerprint density at radius 2 is 1.39 bits per heavy atom. The van der Waals surface area contributed by atoms with E-state index in [-0.39, 0.29) is 12.5 Å². The van der Waals surface area contributed by atoms with E-state index >= 15 is 0 Å². The summed E-state index contributed by atoms with van der Waals surface area (Å²) in [4.78, 5) is 6.61. The number of rotatable bonds is 4. The average molecular weight is 411 g/mol. The molecule has 0 aliphatic carbocycles. The van der Waals surface area contributed by atoms with Crippen LogP contribution in [-0.2, 0) is 6.61 Å². The van der Waals surface area contributed by atoms with Crippen LogP contribution in [0, 0.1) is 0 Å². The Labute approximate surface area is 170 Å². The van der Waals surface area contributed by atoms with Crippen molar-refractivity contribution in [3.05, 3.63) is 93.6 Å². The van der Waals surface area contributed by atoms with Crippen molar-refractivity contribution in [2.75, 3.05) is 0 Å². The molecule has 0 aliphatic heterocycles. The van der Waals surface area contributed by atoms with Crippen LogP contribution < -0.4 is 0 Å². The molecule has 0 aliphatic rings. The van der Waals surface area contributed by atoms with Gasteiger partial charge >= 0.3 is 0 Å². The number of benzene rings is 2. The van der Waals surface area contributed by atoms with E-state index in [0.29, 0.717) is 21.6 Å². The first kappa shape index (κ1) is 17.4. The monoisotopic (exact) mass is 410 g/mol. The van der Waals surface area contributed by atoms with Crippen molar-refractivity contribution >= 4 is 45.0 Å². The summed E-state index contributed by atoms with van der Waals surface area (Å²) in [6.07, 6.45) is 3.91. The van der Waals surface area contributed by atoms with Crippen molar-refractivity contribution < 1.29 is 9.52 Å². The summed E-state index contributed by atoms with van der Waals surface area (Å²) in [5.74, 6) is 0.977. The topological polar surface area (TPSA) is 64.9 Å². The zero-order chi connectivity index (χ0) is 19.3. The molecule has 140 valence electrons. The molecule has 0 fully saturated rings. The smallest absolute Gasteiger partial charge is 0.129 e. The molecule has 0 saturated heterocycles. The number of aromatic amines is 2. The normalized spacial score (nSPS) is 11.9. The maximum absolute atomic E-state index is 9.48. The lowest BCUT2D eigenvalue weighted by atomic mass is 9.88. The van der Waals surface area contributed by atoms with Crippen molar-refractivity contribution in [2.45, 2.75) is 12.5 Å². The molecule has 0 spiro atoms. The first-order valence-electron chi connectivity index (χ1n) is 8.88. The molecular formula is C22H16Cl2N2O2. The molecule has 0 unspecified atom stereocenters. The minimum absolute atomic E-state index is 0.157. The molecule has 0 saturated carbocycles. The van der Waals surface area contributed by atoms with E-state index in [2.05, 4.69) is 9.97 Å². The molecule has 5 rings (SSSR count). The molecule has 0 amide bonds. The second-order valence-electron chi connectivity index (χ2n) is 6.71. The minimum Gasteiger partial charge on any atom is -0.463 e. The van der Waals surface area contributed by atoms with Gasteiger partial charge in [0, 0.05) is 34.2 Å². The first-order valence-corrected chi connectivity index (χ1v) is 9.63. The molecule has 2 aromatic carbocycles. The summed E-state index contributed by atoms with van der Waals surface area (Å²) in [5.41, 5.74) is 3.88. The SMILES string of the molecule is OCc1ccc(C(c2c[nH]c3cccc(Cl)c23)c2c[nH]c3cccc(Cl)c23)o1. The van der Waals surface area contributed by atoms with E-state index in [1.807, 2.05) is 54.9 Å². The van der Waals surface area contributed by atoms with Crippen LogP contribution in [0.5, 0.6) is 0 Å². The quantitative estimate of drug-likeness (QED) is 0.329. The molecule has 0 atom stereocenters. The van der Waals surface area contributed by atoms with E-state index < -0.39 is 0 Å². The maximum Gasteiger partial charge on any atom is 0.129 e. The first-order chi connectivity index (χ1) is 13.7. The number of aliphatic hydroxyl groups is 1. The van der Waals surface area contributed by atoms with Gasteiger partial charge in [0.1, 0.15) is 18.1 Å². The molecule has 5 aromatic rings. The highest BCUT2D eigenvalue weighted by molar-refractivity contribution is 6.36. The molecular weight excluding hydrogens is 395 g/mol. The largest absolute Gasteiger partial charge is 0.463 e. The summed E-state index contributed by atoms with van der Waals surface area (Å²) in [6.45, 7) is -0.157. The zero-order valence-corrected chi connectivity index (χ0v) is 16.2. The number of H-pyrrole nitrogens is 2. The molecule has 4 nitrogen and oxygen atoms in total. The summed E-state index contributed by atoms with van der Waals surface area (Å²) >= 11 is 13.1. The second kappa shape index (κ2) is 6.74. The highest BCUT2D eigenvalue weighted by Crippen LogP contribution is 2.43. The Bertz CT molecular complexity index is 1220. The third-order valence-corrected chi connectivity index (χ3v) is 5.75. The van der Waals surface area contributed by atoms with E-state index in [4.69, 9.17) is 27.6 Å². The lowest BCUT2D eigenvalue weighted by Gasteiger charge is -2.15. The van der Waals surface area contributed by atoms with E-state index in [0.717, 1.165) is 32.9 Å². The fourth-order valence-electron chi connectivity index (χ4n) is 3.89. The van der Waals surface area contributed by atoms with Crippen LogP contribution in [0.3, 0.4) is 0 Å². The van der Waals surface area contributed by atoms with Crippen molar-refractivity contribution in [2.24, 2.45) is 0 Å². The van der Waals surface area contributed by atoms with Crippen LogP contribution in [0.1, 0.15) is 28.6 Å². The number of aliphatic hydroxyl groups excluding tert-OH is 1. The highest BCUT2D eigenvalue weighted by atomic mass is 35.5. The van der Waals surface area contributed by atoms with E-state index in [1.54, 1.807) is 6.07 Å². The van der Waals surface area contributed by atoms with Gasteiger partial charge in [-0.25, -0.2) is 0 Å². The molecule has 6 heteroatoms. The van der Waals surface area contributed by atoms with Crippen molar-refractivity contribution in [1.29, 1.82) is 0 Å². The van der Waals surface area contributed by atoms with Gasteiger partial charge in [0.05, 0.1) is 16.0 Å². The Morgan fingerprint density at radius 1 is 0.821 bits per heavy atom. The summed E-state index contributed by atoms with van der Waals surface area (Å²) in [6, 6.07) is 15.2. The van der Waals surface area contributed by atoms with Crippen molar-refractivity contribution in [3.63, 3.8) is 0 Å². The Hall–Kier alpha value is -2.66. The Balaban J connectivity index is 1.83. The van der Waals surface area contributed by atoms with Gasteiger partial charge < -0.3 is 19.5 Å². The van der Waals surface area contributed by atoms with Gasteiger partial charge in [-0.1, -0.05) is 35.3 Å². The van der Waals surface area contributed by atoms with Gasteiger partial charge in [-0.2, -0.15) is 0 Å². The third-order valence-electron chi connectivity index (χ3n) is 5.12. The summed E-state index contributed by atoms with van der Waals surface area (Å²) < 4.78 is 5.96. The van der Waals surface area contributed by atoms with Gasteiger partial charge in [0.15, 0.2) is 0 Å². The fraction of sp³-hybridized carbons (Fsp3) is 0.0909. The van der Waals surface area contributed by atoms with Gasteiger partial charge in [-0.15, -0.1) is 0 Å². The number of furan rings is 1. The van der Waals surface area contributed by atoms with E-state index in [1.165, 1.54) is 0 Å². The highest BCUT2D eigenvalue weighted by Gasteiger charge is 2.27. The Kier molecular flexibility index (Phi) is 4.20. The molecule has 28 heavy (non-hydrogen) atoms. The Morgan fingerprint density at radius 3 is 1.89 bits per heavy atom. The maximum atomic E-state index is 9.48. The molecule has 3 N–H and O–H groups in total. The van der Waals surface area contributed by atoms with Crippen LogP contribution in [0.15, 0.2) is 65.3 Å². The van der Waals surface area contributed by atoms with Gasteiger partial charge in [0.2, 0.25) is 0 Å². The number of hydrogen-bond acceptors (Lipinski definition) is 2. The fourth-order valence-corrected chi connectivity index (χ4v) is 4.46. The molecule has 0 radical (unpaired) electrons. The van der Waals surface area contributed by atoms with Crippen molar-refractivity contribution in [1.82, 2.24) is 9.97 Å². The number of fused-ring (bicyclic) bond motifs is 2. The summed E-state index contributed by atoms with van der Waals surface area (Å²) in [5, 5.41) is 12.7. The lowest BCUT2D eigenvalue weighted by Crippen LogP contribution is -2.01. The predicted octanol–water partition coefficient (Wildman–Crippen LogP) is 6.22. The number of hydrogen-bond donors (Lipinski definition) is 3. The van der Waals surface area contributed by atoms with Gasteiger partial charge in [-0.3, -0.25) is 0 Å². The predicted molar refractivity (Wildman–Crippen MR) is 112 cm³/mol. The zero-order valence-electron chi connectivity index (χ0n) is 14.7. The number of nitrogens with one attached hydrogen (secondary N) is 2. The van der Waals surface area contributed by atoms with Crippen molar-refractivity contribution in [3.8, 4) is 0 Å². The number of aromatic nitrogens is 2. The summed E-state index contributed by atoms with van der Waals surface area (Å²) in [7, 11) is 0. The standard InChI is InChI=1S/C22H16Cl2N2O2/c23-15-3-1-5-17-21(15)13(9-25-17)20(19-8-7-12(11-27)28-19)14-10-26-18-6-2-4-16(24)22(14)18/h1-10,20,25-27H,11H2. The molecule has 0 bridgehead atoms. The van der Waals surface area contributed by atoms with Crippen LogP contribution >= 0.6 is 23.2 Å². The van der Waals surface area contributed by atoms with Gasteiger partial charge in [-0.05, 0) is 47.5 Å². The van der Waals surface area contributed by atoms with E-state index in [9.17, 15) is 5.11 Å². The average Bonchev–Trinajstić information content (AvgIpc) is 3.42. The lowest BCUT2D eigenvalue weighted by molar-refractivity contribution is 0.243. The van der Waals surface area contributed by atoms with Crippen LogP contribution in [-0.4, -0.2) is 15.1 Å². The molecule has 3 aromatic heterocycles. The van der Waals surface area contributed by atoms with Crippen LogP contribution in [0.25, 0.3) is 21.8 Å². The van der Waals surface area contributed by atoms with Crippen LogP contribution in [0.2, 0.25) is 10.0 Å². The van der Waals surface area contributed by atoms with Gasteiger partial charge in [0.25, 0.3) is 0 Å². The van der Waals surface area contributed by atoms with Crippen LogP contribution in [0.4, 0.5) is 0 Å². The second-order valence-corrected chi connectivity index (χ2v) is 7.52. The minimum atomic E-state index is -0.248. The molecule has 3 heterocycles.